The Bertz CT molecular complexity index is 1200. The number of nitrogens with one attached hydrogen (secondary N) is 1. The van der Waals surface area contributed by atoms with Crippen molar-refractivity contribution < 1.29 is 23.9 Å². The number of fused-ring (bicyclic) bond motifs is 1. The van der Waals surface area contributed by atoms with Gasteiger partial charge in [0.25, 0.3) is 5.91 Å². The lowest BCUT2D eigenvalue weighted by atomic mass is 9.89. The number of ketones is 2. The topological polar surface area (TPSA) is 96.5 Å². The number of hydrogen-bond donors (Lipinski definition) is 1. The summed E-state index contributed by atoms with van der Waals surface area (Å²) in [5.74, 6) is -3.37. The molecule has 0 saturated carbocycles. The van der Waals surface area contributed by atoms with Gasteiger partial charge in [0.15, 0.2) is 0 Å². The van der Waals surface area contributed by atoms with Crippen molar-refractivity contribution in [2.45, 2.75) is 19.4 Å². The summed E-state index contributed by atoms with van der Waals surface area (Å²) in [4.78, 5) is 54.5. The van der Waals surface area contributed by atoms with Gasteiger partial charge in [0.1, 0.15) is 11.7 Å². The number of esters is 1. The number of rotatable bonds is 6. The average molecular weight is 418 g/mol. The van der Waals surface area contributed by atoms with Crippen LogP contribution in [-0.2, 0) is 25.5 Å². The minimum atomic E-state index is -1.09. The van der Waals surface area contributed by atoms with Crippen molar-refractivity contribution in [3.63, 3.8) is 0 Å². The second-order valence-corrected chi connectivity index (χ2v) is 7.62. The van der Waals surface area contributed by atoms with Gasteiger partial charge < -0.3 is 14.6 Å². The van der Waals surface area contributed by atoms with Crippen LogP contribution in [-0.4, -0.2) is 47.0 Å². The van der Waals surface area contributed by atoms with E-state index in [1.165, 1.54) is 18.9 Å². The molecule has 1 saturated heterocycles. The molecule has 2 unspecified atom stereocenters. The van der Waals surface area contributed by atoms with Gasteiger partial charge in [-0.15, -0.1) is 0 Å². The number of benzene rings is 2. The van der Waals surface area contributed by atoms with E-state index in [4.69, 9.17) is 4.74 Å². The average Bonchev–Trinajstić information content (AvgIpc) is 3.30. The quantitative estimate of drug-likeness (QED) is 0.377. The molecule has 158 valence electrons. The Morgan fingerprint density at radius 3 is 2.61 bits per heavy atom. The summed E-state index contributed by atoms with van der Waals surface area (Å²) < 4.78 is 4.78. The highest BCUT2D eigenvalue weighted by molar-refractivity contribution is 6.42. The van der Waals surface area contributed by atoms with Crippen LogP contribution >= 0.6 is 0 Å². The van der Waals surface area contributed by atoms with Gasteiger partial charge in [0, 0.05) is 23.6 Å². The van der Waals surface area contributed by atoms with Gasteiger partial charge in [-0.2, -0.15) is 0 Å². The first-order chi connectivity index (χ1) is 14.9. The minimum absolute atomic E-state index is 0.267. The standard InChI is InChI=1S/C24H22N2O5/c1-14(27)20-21(15-6-5-7-16(12-15)24(30)31-2)26(23(29)22(20)28)11-10-17-13-25-19-9-4-3-8-18(17)19/h3-9,12-13,20-21,25H,10-11H2,1-2H3. The molecule has 31 heavy (non-hydrogen) atoms. The molecule has 1 fully saturated rings. The molecular weight excluding hydrogens is 396 g/mol. The monoisotopic (exact) mass is 418 g/mol. The maximum absolute atomic E-state index is 12.8. The number of nitrogens with zero attached hydrogens (tertiary/aromatic N) is 1. The molecule has 7 nitrogen and oxygen atoms in total. The van der Waals surface area contributed by atoms with Crippen LogP contribution in [0.5, 0.6) is 0 Å². The Morgan fingerprint density at radius 2 is 1.87 bits per heavy atom. The number of carbonyl (C=O) groups excluding carboxylic acids is 4. The first kappa shape index (κ1) is 20.5. The summed E-state index contributed by atoms with van der Waals surface area (Å²) in [6, 6.07) is 13.6. The molecule has 4 rings (SSSR count). The number of likely N-dealkylation sites (tertiary alicyclic amines) is 1. The molecule has 1 aliphatic rings. The number of Topliss-reactive ketones (excluding diaryl/α,β-unsaturated/α-hetero) is 2. The molecule has 2 heterocycles. The molecule has 1 amide bonds. The Balaban J connectivity index is 1.69. The fraction of sp³-hybridized carbons (Fsp3) is 0.250. The van der Waals surface area contributed by atoms with Gasteiger partial charge in [-0.1, -0.05) is 30.3 Å². The van der Waals surface area contributed by atoms with E-state index in [1.807, 2.05) is 30.5 Å². The van der Waals surface area contributed by atoms with Crippen molar-refractivity contribution in [2.75, 3.05) is 13.7 Å². The molecule has 1 N–H and O–H groups in total. The van der Waals surface area contributed by atoms with Gasteiger partial charge in [-0.25, -0.2) is 4.79 Å². The van der Waals surface area contributed by atoms with Crippen molar-refractivity contribution in [3.05, 3.63) is 71.4 Å². The van der Waals surface area contributed by atoms with Crippen molar-refractivity contribution in [1.29, 1.82) is 0 Å². The van der Waals surface area contributed by atoms with Crippen molar-refractivity contribution in [2.24, 2.45) is 5.92 Å². The molecule has 7 heteroatoms. The Labute approximate surface area is 179 Å². The van der Waals surface area contributed by atoms with E-state index in [-0.39, 0.29) is 12.3 Å². The summed E-state index contributed by atoms with van der Waals surface area (Å²) in [5.41, 5.74) is 2.86. The summed E-state index contributed by atoms with van der Waals surface area (Å²) in [6.45, 7) is 1.58. The van der Waals surface area contributed by atoms with Crippen LogP contribution in [0.2, 0.25) is 0 Å². The normalized spacial score (nSPS) is 18.6. The predicted molar refractivity (Wildman–Crippen MR) is 113 cm³/mol. The smallest absolute Gasteiger partial charge is 0.337 e. The fourth-order valence-electron chi connectivity index (χ4n) is 4.29. The van der Waals surface area contributed by atoms with E-state index in [9.17, 15) is 19.2 Å². The summed E-state index contributed by atoms with van der Waals surface area (Å²) in [5, 5.41) is 1.05. The summed E-state index contributed by atoms with van der Waals surface area (Å²) >= 11 is 0. The fourth-order valence-corrected chi connectivity index (χ4v) is 4.29. The van der Waals surface area contributed by atoms with Crippen LogP contribution in [0, 0.1) is 5.92 Å². The van der Waals surface area contributed by atoms with Crippen LogP contribution in [0.25, 0.3) is 10.9 Å². The molecule has 2 atom stereocenters. The van der Waals surface area contributed by atoms with Gasteiger partial charge in [0.2, 0.25) is 5.78 Å². The third kappa shape index (κ3) is 3.63. The lowest BCUT2D eigenvalue weighted by Crippen LogP contribution is -2.32. The first-order valence-electron chi connectivity index (χ1n) is 10.0. The maximum Gasteiger partial charge on any atom is 0.337 e. The van der Waals surface area contributed by atoms with Crippen LogP contribution in [0.15, 0.2) is 54.7 Å². The molecule has 2 aromatic carbocycles. The van der Waals surface area contributed by atoms with Gasteiger partial charge in [-0.05, 0) is 42.7 Å². The van der Waals surface area contributed by atoms with Crippen molar-refractivity contribution >= 4 is 34.3 Å². The largest absolute Gasteiger partial charge is 0.465 e. The number of para-hydroxylation sites is 1. The Morgan fingerprint density at radius 1 is 1.10 bits per heavy atom. The molecule has 3 aromatic rings. The predicted octanol–water partition coefficient (Wildman–Crippen LogP) is 2.85. The number of ether oxygens (including phenoxy) is 1. The highest BCUT2D eigenvalue weighted by Gasteiger charge is 2.50. The molecule has 0 bridgehead atoms. The second-order valence-electron chi connectivity index (χ2n) is 7.62. The highest BCUT2D eigenvalue weighted by Crippen LogP contribution is 2.37. The first-order valence-corrected chi connectivity index (χ1v) is 10.0. The molecule has 0 spiro atoms. The van der Waals surface area contributed by atoms with E-state index in [0.29, 0.717) is 17.5 Å². The van der Waals surface area contributed by atoms with Gasteiger partial charge in [0.05, 0.1) is 18.7 Å². The van der Waals surface area contributed by atoms with Crippen LogP contribution < -0.4 is 0 Å². The molecule has 1 aromatic heterocycles. The highest BCUT2D eigenvalue weighted by atomic mass is 16.5. The van der Waals surface area contributed by atoms with Crippen LogP contribution in [0.1, 0.15) is 34.5 Å². The zero-order chi connectivity index (χ0) is 22.1. The molecule has 1 aliphatic heterocycles. The molecular formula is C24H22N2O5. The van der Waals surface area contributed by atoms with Crippen molar-refractivity contribution in [3.8, 4) is 0 Å². The zero-order valence-electron chi connectivity index (χ0n) is 17.3. The maximum atomic E-state index is 12.8. The third-order valence-electron chi connectivity index (χ3n) is 5.79. The minimum Gasteiger partial charge on any atom is -0.465 e. The van der Waals surface area contributed by atoms with Gasteiger partial charge >= 0.3 is 5.97 Å². The van der Waals surface area contributed by atoms with Crippen molar-refractivity contribution in [1.82, 2.24) is 9.88 Å². The summed E-state index contributed by atoms with van der Waals surface area (Å²) in [7, 11) is 1.28. The number of aromatic amines is 1. The molecule has 0 radical (unpaired) electrons. The van der Waals surface area contributed by atoms with Crippen LogP contribution in [0.4, 0.5) is 0 Å². The number of aromatic nitrogens is 1. The lowest BCUT2D eigenvalue weighted by molar-refractivity contribution is -0.142. The third-order valence-corrected chi connectivity index (χ3v) is 5.79. The van der Waals surface area contributed by atoms with E-state index in [0.717, 1.165) is 16.5 Å². The second kappa shape index (κ2) is 8.18. The number of methoxy groups -OCH3 is 1. The number of amides is 1. The summed E-state index contributed by atoms with van der Waals surface area (Å²) in [6.07, 6.45) is 2.41. The SMILES string of the molecule is COC(=O)c1cccc(C2C(C(C)=O)C(=O)C(=O)N2CCc2c[nH]c3ccccc23)c1. The van der Waals surface area contributed by atoms with E-state index in [1.54, 1.807) is 24.3 Å². The van der Waals surface area contributed by atoms with Gasteiger partial charge in [-0.3, -0.25) is 14.4 Å². The van der Waals surface area contributed by atoms with E-state index in [2.05, 4.69) is 4.98 Å². The zero-order valence-corrected chi connectivity index (χ0v) is 17.3. The van der Waals surface area contributed by atoms with E-state index >= 15 is 0 Å². The Kier molecular flexibility index (Phi) is 5.42. The lowest BCUT2D eigenvalue weighted by Gasteiger charge is -2.27. The van der Waals surface area contributed by atoms with Crippen LogP contribution in [0.3, 0.4) is 0 Å². The number of hydrogen-bond acceptors (Lipinski definition) is 5. The number of H-pyrrole nitrogens is 1. The number of carbonyl (C=O) groups is 4. The molecule has 0 aliphatic carbocycles. The Hall–Kier alpha value is -3.74. The van der Waals surface area contributed by atoms with E-state index < -0.39 is 29.6 Å².